The van der Waals surface area contributed by atoms with Gasteiger partial charge in [-0.15, -0.1) is 0 Å². The minimum Gasteiger partial charge on any atom is -0.481 e. The molecule has 0 aromatic heterocycles. The van der Waals surface area contributed by atoms with Gasteiger partial charge in [-0.05, 0) is 24.3 Å². The second-order valence-electron chi connectivity index (χ2n) is 3.25. The largest absolute Gasteiger partial charge is 0.481 e. The van der Waals surface area contributed by atoms with E-state index in [4.69, 9.17) is 14.6 Å². The van der Waals surface area contributed by atoms with Crippen LogP contribution in [0.2, 0.25) is 0 Å². The number of aliphatic carboxylic acids is 1. The summed E-state index contributed by atoms with van der Waals surface area (Å²) in [6.45, 7) is 1.08. The number of para-hydroxylation sites is 2. The van der Waals surface area contributed by atoms with Crippen molar-refractivity contribution in [2.75, 3.05) is 0 Å². The first kappa shape index (κ1) is 12.8. The zero-order chi connectivity index (χ0) is 12.5. The molecule has 0 saturated heterocycles. The summed E-state index contributed by atoms with van der Waals surface area (Å²) in [6, 6.07) is 19.5. The van der Waals surface area contributed by atoms with Crippen LogP contribution in [0.1, 0.15) is 6.92 Å². The Labute approximate surface area is 100 Å². The second-order valence-corrected chi connectivity index (χ2v) is 3.25. The molecule has 2 aromatic carbocycles. The number of ether oxygens (including phenoxy) is 1. The van der Waals surface area contributed by atoms with Gasteiger partial charge in [-0.3, -0.25) is 4.79 Å². The van der Waals surface area contributed by atoms with Crippen LogP contribution in [-0.4, -0.2) is 11.1 Å². The van der Waals surface area contributed by atoms with Crippen LogP contribution in [-0.2, 0) is 4.79 Å². The van der Waals surface area contributed by atoms with Gasteiger partial charge in [0.25, 0.3) is 5.97 Å². The van der Waals surface area contributed by atoms with Gasteiger partial charge in [0, 0.05) is 6.92 Å². The van der Waals surface area contributed by atoms with Crippen LogP contribution in [0.4, 0.5) is 0 Å². The fourth-order valence-corrected chi connectivity index (χ4v) is 1.11. The number of hydrogen-bond acceptors (Lipinski definition) is 2. The molecular formula is C14H14O3. The van der Waals surface area contributed by atoms with E-state index in [2.05, 4.69) is 0 Å². The van der Waals surface area contributed by atoms with Crippen molar-refractivity contribution >= 4 is 5.97 Å². The van der Waals surface area contributed by atoms with E-state index in [0.717, 1.165) is 18.4 Å². The van der Waals surface area contributed by atoms with E-state index in [1.54, 1.807) is 0 Å². The lowest BCUT2D eigenvalue weighted by atomic mass is 10.3. The second kappa shape index (κ2) is 7.06. The van der Waals surface area contributed by atoms with Gasteiger partial charge >= 0.3 is 0 Å². The lowest BCUT2D eigenvalue weighted by Crippen LogP contribution is -1.81. The van der Waals surface area contributed by atoms with Gasteiger partial charge in [-0.2, -0.15) is 0 Å². The lowest BCUT2D eigenvalue weighted by Gasteiger charge is -2.03. The summed E-state index contributed by atoms with van der Waals surface area (Å²) >= 11 is 0. The minimum atomic E-state index is -0.833. The van der Waals surface area contributed by atoms with Crippen molar-refractivity contribution in [2.45, 2.75) is 6.92 Å². The van der Waals surface area contributed by atoms with Gasteiger partial charge in [-0.25, -0.2) is 0 Å². The standard InChI is InChI=1S/C12H10O.C2H4O2/c1-3-7-11(8-4-1)13-12-9-5-2-6-10-12;1-2(3)4/h1-10H;1H3,(H,3,4). The normalized spacial score (nSPS) is 8.76. The Morgan fingerprint density at radius 2 is 1.18 bits per heavy atom. The molecule has 0 fully saturated rings. The van der Waals surface area contributed by atoms with Gasteiger partial charge in [0.15, 0.2) is 0 Å². The maximum atomic E-state index is 9.00. The molecule has 17 heavy (non-hydrogen) atoms. The first-order valence-electron chi connectivity index (χ1n) is 5.16. The molecule has 0 aliphatic rings. The summed E-state index contributed by atoms with van der Waals surface area (Å²) in [4.78, 5) is 9.00. The summed E-state index contributed by atoms with van der Waals surface area (Å²) < 4.78 is 5.58. The fourth-order valence-electron chi connectivity index (χ4n) is 1.11. The fraction of sp³-hybridized carbons (Fsp3) is 0.0714. The highest BCUT2D eigenvalue weighted by atomic mass is 16.5. The molecule has 0 heterocycles. The average molecular weight is 230 g/mol. The predicted octanol–water partition coefficient (Wildman–Crippen LogP) is 3.57. The molecule has 1 N–H and O–H groups in total. The molecule has 0 atom stereocenters. The molecule has 0 unspecified atom stereocenters. The summed E-state index contributed by atoms with van der Waals surface area (Å²) in [5.74, 6) is 0.905. The van der Waals surface area contributed by atoms with Gasteiger partial charge in [-0.1, -0.05) is 36.4 Å². The lowest BCUT2D eigenvalue weighted by molar-refractivity contribution is -0.134. The molecule has 2 aromatic rings. The van der Waals surface area contributed by atoms with Crippen LogP contribution in [0.5, 0.6) is 11.5 Å². The number of rotatable bonds is 2. The van der Waals surface area contributed by atoms with Gasteiger partial charge in [0.2, 0.25) is 0 Å². The monoisotopic (exact) mass is 230 g/mol. The van der Waals surface area contributed by atoms with Crippen molar-refractivity contribution in [1.29, 1.82) is 0 Å². The Morgan fingerprint density at radius 1 is 0.882 bits per heavy atom. The SMILES string of the molecule is CC(=O)O.c1ccc(Oc2ccccc2)cc1. The molecule has 2 rings (SSSR count). The van der Waals surface area contributed by atoms with E-state index in [0.29, 0.717) is 0 Å². The highest BCUT2D eigenvalue weighted by Gasteiger charge is 1.92. The third kappa shape index (κ3) is 5.99. The van der Waals surface area contributed by atoms with Crippen molar-refractivity contribution in [2.24, 2.45) is 0 Å². The third-order valence-corrected chi connectivity index (χ3v) is 1.72. The third-order valence-electron chi connectivity index (χ3n) is 1.72. The average Bonchev–Trinajstić information content (AvgIpc) is 2.31. The van der Waals surface area contributed by atoms with Crippen LogP contribution in [0, 0.1) is 0 Å². The number of carboxylic acid groups (broad SMARTS) is 1. The molecule has 88 valence electrons. The summed E-state index contributed by atoms with van der Waals surface area (Å²) in [5.41, 5.74) is 0. The van der Waals surface area contributed by atoms with Crippen LogP contribution in [0.15, 0.2) is 60.7 Å². The minimum absolute atomic E-state index is 0.833. The first-order valence-corrected chi connectivity index (χ1v) is 5.16. The Balaban J connectivity index is 0.000000317. The molecule has 0 radical (unpaired) electrons. The van der Waals surface area contributed by atoms with Crippen LogP contribution >= 0.6 is 0 Å². The predicted molar refractivity (Wildman–Crippen MR) is 66.3 cm³/mol. The Bertz CT molecular complexity index is 396. The number of carboxylic acids is 1. The van der Waals surface area contributed by atoms with E-state index in [-0.39, 0.29) is 0 Å². The Kier molecular flexibility index (Phi) is 5.31. The van der Waals surface area contributed by atoms with Crippen molar-refractivity contribution in [3.05, 3.63) is 60.7 Å². The van der Waals surface area contributed by atoms with Crippen molar-refractivity contribution in [3.63, 3.8) is 0 Å². The molecular weight excluding hydrogens is 216 g/mol. The summed E-state index contributed by atoms with van der Waals surface area (Å²) in [5, 5.41) is 7.42. The Hall–Kier alpha value is -2.29. The van der Waals surface area contributed by atoms with Crippen LogP contribution in [0.25, 0.3) is 0 Å². The number of carbonyl (C=O) groups is 1. The van der Waals surface area contributed by atoms with E-state index in [9.17, 15) is 0 Å². The van der Waals surface area contributed by atoms with Gasteiger partial charge in [0.05, 0.1) is 0 Å². The Morgan fingerprint density at radius 3 is 1.47 bits per heavy atom. The van der Waals surface area contributed by atoms with Gasteiger partial charge < -0.3 is 9.84 Å². The number of benzene rings is 2. The topological polar surface area (TPSA) is 46.5 Å². The molecule has 0 saturated carbocycles. The van der Waals surface area contributed by atoms with Crippen LogP contribution < -0.4 is 4.74 Å². The van der Waals surface area contributed by atoms with E-state index >= 15 is 0 Å². The smallest absolute Gasteiger partial charge is 0.300 e. The molecule has 3 heteroatoms. The molecule has 0 aliphatic heterocycles. The van der Waals surface area contributed by atoms with Crippen LogP contribution in [0.3, 0.4) is 0 Å². The molecule has 0 spiro atoms. The van der Waals surface area contributed by atoms with E-state index in [1.807, 2.05) is 60.7 Å². The highest BCUT2D eigenvalue weighted by molar-refractivity contribution is 5.62. The zero-order valence-electron chi connectivity index (χ0n) is 9.54. The van der Waals surface area contributed by atoms with Crippen molar-refractivity contribution in [1.82, 2.24) is 0 Å². The molecule has 0 aliphatic carbocycles. The maximum Gasteiger partial charge on any atom is 0.300 e. The molecule has 0 amide bonds. The van der Waals surface area contributed by atoms with E-state index < -0.39 is 5.97 Å². The highest BCUT2D eigenvalue weighted by Crippen LogP contribution is 2.19. The first-order chi connectivity index (χ1) is 8.18. The molecule has 3 nitrogen and oxygen atoms in total. The van der Waals surface area contributed by atoms with Gasteiger partial charge in [0.1, 0.15) is 11.5 Å². The van der Waals surface area contributed by atoms with Crippen molar-refractivity contribution in [3.8, 4) is 11.5 Å². The summed E-state index contributed by atoms with van der Waals surface area (Å²) in [6.07, 6.45) is 0. The zero-order valence-corrected chi connectivity index (χ0v) is 9.54. The number of hydrogen-bond donors (Lipinski definition) is 1. The van der Waals surface area contributed by atoms with Crippen molar-refractivity contribution < 1.29 is 14.6 Å². The molecule has 0 bridgehead atoms. The summed E-state index contributed by atoms with van der Waals surface area (Å²) in [7, 11) is 0. The quantitative estimate of drug-likeness (QED) is 0.857. The van der Waals surface area contributed by atoms with E-state index in [1.165, 1.54) is 0 Å². The maximum absolute atomic E-state index is 9.00.